The van der Waals surface area contributed by atoms with E-state index in [4.69, 9.17) is 0 Å². The van der Waals surface area contributed by atoms with Crippen molar-refractivity contribution in [3.05, 3.63) is 29.6 Å². The highest BCUT2D eigenvalue weighted by Crippen LogP contribution is 2.44. The maximum absolute atomic E-state index is 9.42. The first-order chi connectivity index (χ1) is 10.3. The number of nitrogens with zero attached hydrogens (tertiary/aromatic N) is 2. The fourth-order valence-corrected chi connectivity index (χ4v) is 3.76. The predicted molar refractivity (Wildman–Crippen MR) is 84.4 cm³/mol. The minimum atomic E-state index is 0.754. The lowest BCUT2D eigenvalue weighted by atomic mass is 9.90. The number of piperidine rings is 1. The van der Waals surface area contributed by atoms with Crippen LogP contribution < -0.4 is 0 Å². The predicted octanol–water partition coefficient (Wildman–Crippen LogP) is 4.02. The van der Waals surface area contributed by atoms with Crippen molar-refractivity contribution >= 4 is 0 Å². The van der Waals surface area contributed by atoms with Crippen LogP contribution >= 0.6 is 0 Å². The molecule has 21 heavy (non-hydrogen) atoms. The van der Waals surface area contributed by atoms with Gasteiger partial charge in [-0.3, -0.25) is 4.98 Å². The van der Waals surface area contributed by atoms with Gasteiger partial charge in [-0.2, -0.15) is 5.06 Å². The summed E-state index contributed by atoms with van der Waals surface area (Å²) in [7, 11) is 0. The Morgan fingerprint density at radius 3 is 2.71 bits per heavy atom. The van der Waals surface area contributed by atoms with Crippen LogP contribution in [0.1, 0.15) is 62.6 Å². The Kier molecular flexibility index (Phi) is 4.91. The molecule has 1 saturated heterocycles. The zero-order valence-corrected chi connectivity index (χ0v) is 13.2. The van der Waals surface area contributed by atoms with E-state index < -0.39 is 0 Å². The second-order valence-electron chi connectivity index (χ2n) is 6.87. The van der Waals surface area contributed by atoms with Crippen LogP contribution in [-0.4, -0.2) is 28.3 Å². The van der Waals surface area contributed by atoms with Crippen molar-refractivity contribution in [3.63, 3.8) is 0 Å². The van der Waals surface area contributed by atoms with E-state index in [-0.39, 0.29) is 0 Å². The second kappa shape index (κ2) is 6.89. The Morgan fingerprint density at radius 2 is 2.05 bits per heavy atom. The molecule has 3 nitrogen and oxygen atoms in total. The van der Waals surface area contributed by atoms with E-state index >= 15 is 0 Å². The summed E-state index contributed by atoms with van der Waals surface area (Å²) in [5.74, 6) is 2.44. The highest BCUT2D eigenvalue weighted by Gasteiger charge is 2.31. The van der Waals surface area contributed by atoms with Gasteiger partial charge in [0.25, 0.3) is 0 Å². The Hall–Kier alpha value is -0.930. The molecule has 2 fully saturated rings. The quantitative estimate of drug-likeness (QED) is 0.859. The molecule has 2 heterocycles. The number of hydrogen-bond acceptors (Lipinski definition) is 3. The molecule has 0 aromatic carbocycles. The first-order valence-electron chi connectivity index (χ1n) is 8.65. The van der Waals surface area contributed by atoms with Crippen molar-refractivity contribution in [2.45, 2.75) is 57.8 Å². The normalized spacial score (nSPS) is 22.4. The zero-order valence-electron chi connectivity index (χ0n) is 13.2. The van der Waals surface area contributed by atoms with Crippen LogP contribution in [0.5, 0.6) is 0 Å². The second-order valence-corrected chi connectivity index (χ2v) is 6.87. The summed E-state index contributed by atoms with van der Waals surface area (Å²) in [6.45, 7) is 3.97. The number of pyridine rings is 1. The molecule has 1 unspecified atom stereocenters. The van der Waals surface area contributed by atoms with Gasteiger partial charge in [0.2, 0.25) is 0 Å². The van der Waals surface area contributed by atoms with Crippen LogP contribution in [0.15, 0.2) is 18.3 Å². The largest absolute Gasteiger partial charge is 0.314 e. The van der Waals surface area contributed by atoms with Crippen LogP contribution in [0.2, 0.25) is 0 Å². The summed E-state index contributed by atoms with van der Waals surface area (Å²) < 4.78 is 0. The summed E-state index contributed by atoms with van der Waals surface area (Å²) in [6.07, 6.45) is 10.6. The molecule has 1 aromatic heterocycles. The Morgan fingerprint density at radius 1 is 1.29 bits per heavy atom. The van der Waals surface area contributed by atoms with Gasteiger partial charge >= 0.3 is 0 Å². The topological polar surface area (TPSA) is 36.4 Å². The van der Waals surface area contributed by atoms with Gasteiger partial charge in [-0.1, -0.05) is 6.92 Å². The van der Waals surface area contributed by atoms with Crippen LogP contribution in [0.4, 0.5) is 0 Å². The van der Waals surface area contributed by atoms with Crippen molar-refractivity contribution in [1.29, 1.82) is 0 Å². The standard InChI is InChI=1S/C18H28N2O/c1-2-18(15-4-5-15)16-7-10-19-17(13-16)6-3-14-8-11-20(21)12-9-14/h7,10,13-15,18,21H,2-6,8-9,11-12H2,1H3. The van der Waals surface area contributed by atoms with Gasteiger partial charge in [-0.15, -0.1) is 0 Å². The number of hydrogen-bond donors (Lipinski definition) is 1. The lowest BCUT2D eigenvalue weighted by Gasteiger charge is -2.27. The Labute approximate surface area is 128 Å². The molecule has 3 heteroatoms. The summed E-state index contributed by atoms with van der Waals surface area (Å²) in [5, 5.41) is 10.9. The summed E-state index contributed by atoms with van der Waals surface area (Å²) in [6, 6.07) is 4.58. The van der Waals surface area contributed by atoms with Crippen molar-refractivity contribution in [3.8, 4) is 0 Å². The first kappa shape index (κ1) is 15.0. The number of hydroxylamine groups is 2. The lowest BCUT2D eigenvalue weighted by Crippen LogP contribution is -2.30. The molecular formula is C18H28N2O. The highest BCUT2D eigenvalue weighted by molar-refractivity contribution is 5.23. The molecule has 0 radical (unpaired) electrons. The van der Waals surface area contributed by atoms with E-state index in [1.54, 1.807) is 0 Å². The molecule has 0 bridgehead atoms. The van der Waals surface area contributed by atoms with E-state index in [1.165, 1.54) is 42.0 Å². The first-order valence-corrected chi connectivity index (χ1v) is 8.65. The average molecular weight is 288 g/mol. The minimum absolute atomic E-state index is 0.754. The summed E-state index contributed by atoms with van der Waals surface area (Å²) in [4.78, 5) is 4.58. The van der Waals surface area contributed by atoms with Gasteiger partial charge in [0.05, 0.1) is 0 Å². The molecule has 1 N–H and O–H groups in total. The zero-order chi connectivity index (χ0) is 14.7. The van der Waals surface area contributed by atoms with Crippen molar-refractivity contribution in [2.75, 3.05) is 13.1 Å². The van der Waals surface area contributed by atoms with Crippen LogP contribution in [0.3, 0.4) is 0 Å². The van der Waals surface area contributed by atoms with Gasteiger partial charge in [-0.25, -0.2) is 0 Å². The van der Waals surface area contributed by atoms with Crippen LogP contribution in [-0.2, 0) is 6.42 Å². The van der Waals surface area contributed by atoms with Crippen LogP contribution in [0, 0.1) is 11.8 Å². The third-order valence-electron chi connectivity index (χ3n) is 5.30. The number of rotatable bonds is 6. The van der Waals surface area contributed by atoms with E-state index in [0.717, 1.165) is 50.1 Å². The van der Waals surface area contributed by atoms with Gasteiger partial charge in [0, 0.05) is 25.0 Å². The summed E-state index contributed by atoms with van der Waals surface area (Å²) >= 11 is 0. The molecular weight excluding hydrogens is 260 g/mol. The lowest BCUT2D eigenvalue weighted by molar-refractivity contribution is -0.112. The Bertz CT molecular complexity index is 450. The monoisotopic (exact) mass is 288 g/mol. The van der Waals surface area contributed by atoms with Crippen LogP contribution in [0.25, 0.3) is 0 Å². The van der Waals surface area contributed by atoms with E-state index in [9.17, 15) is 5.21 Å². The van der Waals surface area contributed by atoms with E-state index in [2.05, 4.69) is 24.0 Å². The van der Waals surface area contributed by atoms with Crippen molar-refractivity contribution < 1.29 is 5.21 Å². The average Bonchev–Trinajstić information content (AvgIpc) is 3.33. The third kappa shape index (κ3) is 4.04. The van der Waals surface area contributed by atoms with E-state index in [0.29, 0.717) is 0 Å². The molecule has 1 atom stereocenters. The summed E-state index contributed by atoms with van der Waals surface area (Å²) in [5.41, 5.74) is 2.77. The number of aromatic nitrogens is 1. The molecule has 116 valence electrons. The molecule has 1 saturated carbocycles. The minimum Gasteiger partial charge on any atom is -0.314 e. The fraction of sp³-hybridized carbons (Fsp3) is 0.722. The number of aryl methyl sites for hydroxylation is 1. The van der Waals surface area contributed by atoms with Crippen molar-refractivity contribution in [2.24, 2.45) is 11.8 Å². The van der Waals surface area contributed by atoms with Gasteiger partial charge in [0.1, 0.15) is 0 Å². The SMILES string of the molecule is CCC(c1ccnc(CCC2CCN(O)CC2)c1)C1CC1. The van der Waals surface area contributed by atoms with Gasteiger partial charge < -0.3 is 5.21 Å². The molecule has 1 aliphatic heterocycles. The smallest absolute Gasteiger partial charge is 0.0406 e. The van der Waals surface area contributed by atoms with Crippen molar-refractivity contribution in [1.82, 2.24) is 10.0 Å². The molecule has 0 amide bonds. The molecule has 1 aliphatic carbocycles. The molecule has 3 rings (SSSR count). The molecule has 0 spiro atoms. The molecule has 2 aliphatic rings. The third-order valence-corrected chi connectivity index (χ3v) is 5.30. The maximum atomic E-state index is 9.42. The van der Waals surface area contributed by atoms with Gasteiger partial charge in [-0.05, 0) is 80.4 Å². The maximum Gasteiger partial charge on any atom is 0.0406 e. The highest BCUT2D eigenvalue weighted by atomic mass is 16.5. The Balaban J connectivity index is 1.55. The molecule has 1 aromatic rings. The van der Waals surface area contributed by atoms with Gasteiger partial charge in [0.15, 0.2) is 0 Å². The van der Waals surface area contributed by atoms with E-state index in [1.807, 2.05) is 6.20 Å². The fourth-order valence-electron chi connectivity index (χ4n) is 3.76.